The van der Waals surface area contributed by atoms with Crippen molar-refractivity contribution < 1.29 is 9.32 Å². The van der Waals surface area contributed by atoms with Crippen LogP contribution >= 0.6 is 11.6 Å². The van der Waals surface area contributed by atoms with Gasteiger partial charge in [-0.25, -0.2) is 0 Å². The average Bonchev–Trinajstić information content (AvgIpc) is 3.00. The first-order chi connectivity index (χ1) is 11.1. The van der Waals surface area contributed by atoms with Crippen LogP contribution in [0.25, 0.3) is 6.08 Å². The first-order valence-corrected chi connectivity index (χ1v) is 8.03. The van der Waals surface area contributed by atoms with E-state index in [0.717, 1.165) is 18.4 Å². The highest BCUT2D eigenvalue weighted by Crippen LogP contribution is 2.27. The molecule has 0 spiro atoms. The summed E-state index contributed by atoms with van der Waals surface area (Å²) in [7, 11) is 0. The van der Waals surface area contributed by atoms with Gasteiger partial charge >= 0.3 is 0 Å². The maximum atomic E-state index is 12.3. The largest absolute Gasteiger partial charge is 0.339 e. The third-order valence-corrected chi connectivity index (χ3v) is 4.35. The van der Waals surface area contributed by atoms with E-state index >= 15 is 0 Å². The minimum atomic E-state index is 0.00470. The Morgan fingerprint density at radius 1 is 1.35 bits per heavy atom. The van der Waals surface area contributed by atoms with E-state index in [1.807, 2.05) is 36.1 Å². The van der Waals surface area contributed by atoms with Gasteiger partial charge in [-0.1, -0.05) is 35.0 Å². The Morgan fingerprint density at radius 2 is 2.09 bits per heavy atom. The first kappa shape index (κ1) is 15.7. The minimum Gasteiger partial charge on any atom is -0.339 e. The Kier molecular flexibility index (Phi) is 4.76. The molecule has 0 bridgehead atoms. The van der Waals surface area contributed by atoms with Crippen molar-refractivity contribution in [1.29, 1.82) is 0 Å². The molecule has 0 unspecified atom stereocenters. The van der Waals surface area contributed by atoms with Gasteiger partial charge in [-0.05, 0) is 37.5 Å². The lowest BCUT2D eigenvalue weighted by molar-refractivity contribution is -0.127. The molecule has 1 aromatic carbocycles. The second-order valence-electron chi connectivity index (χ2n) is 5.63. The molecule has 23 heavy (non-hydrogen) atoms. The number of piperidine rings is 1. The normalized spacial score (nSPS) is 16.2. The average molecular weight is 332 g/mol. The summed E-state index contributed by atoms with van der Waals surface area (Å²) in [6, 6.07) is 7.46. The number of likely N-dealkylation sites (tertiary alicyclic amines) is 1. The predicted octanol–water partition coefficient (Wildman–Crippen LogP) is 3.45. The second kappa shape index (κ2) is 6.96. The van der Waals surface area contributed by atoms with Crippen LogP contribution in [0.1, 0.15) is 36.0 Å². The van der Waals surface area contributed by atoms with Crippen molar-refractivity contribution >= 4 is 23.6 Å². The van der Waals surface area contributed by atoms with Gasteiger partial charge < -0.3 is 9.42 Å². The topological polar surface area (TPSA) is 59.2 Å². The van der Waals surface area contributed by atoms with Gasteiger partial charge in [0.15, 0.2) is 5.82 Å². The van der Waals surface area contributed by atoms with Crippen LogP contribution in [-0.2, 0) is 4.79 Å². The van der Waals surface area contributed by atoms with Gasteiger partial charge in [0.25, 0.3) is 0 Å². The monoisotopic (exact) mass is 331 g/mol. The zero-order valence-corrected chi connectivity index (χ0v) is 13.7. The van der Waals surface area contributed by atoms with Crippen LogP contribution in [0.2, 0.25) is 5.02 Å². The van der Waals surface area contributed by atoms with Gasteiger partial charge in [0.2, 0.25) is 11.8 Å². The fourth-order valence-electron chi connectivity index (χ4n) is 2.70. The van der Waals surface area contributed by atoms with E-state index in [1.54, 1.807) is 12.2 Å². The number of carbonyl (C=O) groups excluding carboxylic acids is 1. The molecule has 2 heterocycles. The predicted molar refractivity (Wildman–Crippen MR) is 88.1 cm³/mol. The molecule has 1 amide bonds. The van der Waals surface area contributed by atoms with Gasteiger partial charge in [-0.15, -0.1) is 0 Å². The zero-order chi connectivity index (χ0) is 16.2. The summed E-state index contributed by atoms with van der Waals surface area (Å²) < 4.78 is 5.22. The van der Waals surface area contributed by atoms with E-state index in [2.05, 4.69) is 10.1 Å². The standard InChI is InChI=1S/C17H18ClN3O2/c1-12-19-17(23-20-12)14-8-10-21(11-9-14)16(22)7-6-13-4-2-3-5-15(13)18/h2-7,14H,8-11H2,1H3. The van der Waals surface area contributed by atoms with Gasteiger partial charge in [-0.3, -0.25) is 4.79 Å². The van der Waals surface area contributed by atoms with E-state index in [4.69, 9.17) is 16.1 Å². The SMILES string of the molecule is Cc1noc(C2CCN(C(=O)C=Cc3ccccc3Cl)CC2)n1. The molecule has 0 aliphatic carbocycles. The van der Waals surface area contributed by atoms with Crippen molar-refractivity contribution in [2.75, 3.05) is 13.1 Å². The third-order valence-electron chi connectivity index (χ3n) is 4.01. The summed E-state index contributed by atoms with van der Waals surface area (Å²) >= 11 is 6.08. The van der Waals surface area contributed by atoms with Crippen LogP contribution < -0.4 is 0 Å². The quantitative estimate of drug-likeness (QED) is 0.808. The van der Waals surface area contributed by atoms with Crippen LogP contribution in [-0.4, -0.2) is 34.0 Å². The summed E-state index contributed by atoms with van der Waals surface area (Å²) in [6.45, 7) is 3.20. The van der Waals surface area contributed by atoms with E-state index in [1.165, 1.54) is 0 Å². The zero-order valence-electron chi connectivity index (χ0n) is 12.9. The molecular weight excluding hydrogens is 314 g/mol. The van der Waals surface area contributed by atoms with E-state index in [9.17, 15) is 4.79 Å². The highest BCUT2D eigenvalue weighted by Gasteiger charge is 2.26. The molecule has 3 rings (SSSR count). The Bertz CT molecular complexity index is 718. The van der Waals surface area contributed by atoms with Gasteiger partial charge in [-0.2, -0.15) is 4.98 Å². The van der Waals surface area contributed by atoms with Gasteiger partial charge in [0.1, 0.15) is 0 Å². The molecule has 2 aromatic rings. The second-order valence-corrected chi connectivity index (χ2v) is 6.04. The molecule has 0 atom stereocenters. The van der Waals surface area contributed by atoms with Crippen molar-refractivity contribution in [2.24, 2.45) is 0 Å². The number of hydrogen-bond donors (Lipinski definition) is 0. The highest BCUT2D eigenvalue weighted by atomic mass is 35.5. The first-order valence-electron chi connectivity index (χ1n) is 7.65. The summed E-state index contributed by atoms with van der Waals surface area (Å²) in [5.74, 6) is 1.58. The number of aryl methyl sites for hydroxylation is 1. The Balaban J connectivity index is 1.57. The minimum absolute atomic E-state index is 0.00470. The van der Waals surface area contributed by atoms with Crippen molar-refractivity contribution in [3.63, 3.8) is 0 Å². The summed E-state index contributed by atoms with van der Waals surface area (Å²) in [4.78, 5) is 18.4. The Hall–Kier alpha value is -2.14. The molecule has 0 saturated carbocycles. The molecule has 0 radical (unpaired) electrons. The number of nitrogens with zero attached hydrogens (tertiary/aromatic N) is 3. The van der Waals surface area contributed by atoms with Crippen molar-refractivity contribution in [3.8, 4) is 0 Å². The maximum absolute atomic E-state index is 12.3. The van der Waals surface area contributed by atoms with E-state index in [-0.39, 0.29) is 11.8 Å². The number of aromatic nitrogens is 2. The van der Waals surface area contributed by atoms with Crippen LogP contribution in [0, 0.1) is 6.92 Å². The van der Waals surface area contributed by atoms with Gasteiger partial charge in [0.05, 0.1) is 0 Å². The molecule has 1 saturated heterocycles. The smallest absolute Gasteiger partial charge is 0.246 e. The maximum Gasteiger partial charge on any atom is 0.246 e. The summed E-state index contributed by atoms with van der Waals surface area (Å²) in [5.41, 5.74) is 0.846. The number of amides is 1. The molecule has 1 aromatic heterocycles. The molecular formula is C17H18ClN3O2. The van der Waals surface area contributed by atoms with Crippen LogP contribution in [0.4, 0.5) is 0 Å². The Morgan fingerprint density at radius 3 is 2.74 bits per heavy atom. The lowest BCUT2D eigenvalue weighted by atomic mass is 9.96. The fourth-order valence-corrected chi connectivity index (χ4v) is 2.90. The van der Waals surface area contributed by atoms with Crippen molar-refractivity contribution in [1.82, 2.24) is 15.0 Å². The van der Waals surface area contributed by atoms with Crippen LogP contribution in [0.15, 0.2) is 34.9 Å². The van der Waals surface area contributed by atoms with Crippen molar-refractivity contribution in [2.45, 2.75) is 25.7 Å². The van der Waals surface area contributed by atoms with E-state index < -0.39 is 0 Å². The van der Waals surface area contributed by atoms with Crippen LogP contribution in [0.5, 0.6) is 0 Å². The third kappa shape index (κ3) is 3.79. The molecule has 0 N–H and O–H groups in total. The molecule has 1 aliphatic rings. The molecule has 1 fully saturated rings. The Labute approximate surface area is 139 Å². The van der Waals surface area contributed by atoms with E-state index in [0.29, 0.717) is 29.8 Å². The molecule has 1 aliphatic heterocycles. The number of benzene rings is 1. The molecule has 5 nitrogen and oxygen atoms in total. The van der Waals surface area contributed by atoms with Crippen LogP contribution in [0.3, 0.4) is 0 Å². The molecule has 120 valence electrons. The van der Waals surface area contributed by atoms with Gasteiger partial charge in [0, 0.05) is 30.1 Å². The number of carbonyl (C=O) groups is 1. The lowest BCUT2D eigenvalue weighted by Gasteiger charge is -2.29. The summed E-state index contributed by atoms with van der Waals surface area (Å²) in [5, 5.41) is 4.47. The number of halogens is 1. The lowest BCUT2D eigenvalue weighted by Crippen LogP contribution is -2.36. The fraction of sp³-hybridized carbons (Fsp3) is 0.353. The number of hydrogen-bond acceptors (Lipinski definition) is 4. The summed E-state index contributed by atoms with van der Waals surface area (Å²) in [6.07, 6.45) is 5.02. The highest BCUT2D eigenvalue weighted by molar-refractivity contribution is 6.32. The van der Waals surface area contributed by atoms with Crippen molar-refractivity contribution in [3.05, 3.63) is 52.6 Å². The molecule has 6 heteroatoms. The number of rotatable bonds is 3.